The SMILES string of the molecule is CNCc1cn(CC(=O)NC(C)C)nn1. The molecule has 0 aliphatic rings. The normalized spacial score (nSPS) is 10.7. The fraction of sp³-hybridized carbons (Fsp3) is 0.667. The molecule has 6 nitrogen and oxygen atoms in total. The number of hydrogen-bond acceptors (Lipinski definition) is 4. The summed E-state index contributed by atoms with van der Waals surface area (Å²) in [6.07, 6.45) is 1.76. The van der Waals surface area contributed by atoms with Gasteiger partial charge < -0.3 is 10.6 Å². The van der Waals surface area contributed by atoms with Gasteiger partial charge in [-0.15, -0.1) is 5.10 Å². The van der Waals surface area contributed by atoms with Crippen LogP contribution < -0.4 is 10.6 Å². The summed E-state index contributed by atoms with van der Waals surface area (Å²) in [7, 11) is 1.84. The van der Waals surface area contributed by atoms with E-state index in [1.807, 2.05) is 20.9 Å². The first kappa shape index (κ1) is 11.6. The molecule has 15 heavy (non-hydrogen) atoms. The van der Waals surface area contributed by atoms with E-state index in [1.54, 1.807) is 6.20 Å². The zero-order chi connectivity index (χ0) is 11.3. The van der Waals surface area contributed by atoms with Gasteiger partial charge in [-0.2, -0.15) is 0 Å². The summed E-state index contributed by atoms with van der Waals surface area (Å²) in [4.78, 5) is 11.4. The molecule has 1 aromatic rings. The van der Waals surface area contributed by atoms with Crippen molar-refractivity contribution in [3.05, 3.63) is 11.9 Å². The second-order valence-corrected chi connectivity index (χ2v) is 3.66. The van der Waals surface area contributed by atoms with Crippen molar-refractivity contribution in [2.75, 3.05) is 7.05 Å². The van der Waals surface area contributed by atoms with Gasteiger partial charge in [0.15, 0.2) is 0 Å². The van der Waals surface area contributed by atoms with Crippen molar-refractivity contribution in [3.8, 4) is 0 Å². The lowest BCUT2D eigenvalue weighted by Gasteiger charge is -2.07. The van der Waals surface area contributed by atoms with E-state index in [1.165, 1.54) is 4.68 Å². The lowest BCUT2D eigenvalue weighted by Crippen LogP contribution is -2.33. The van der Waals surface area contributed by atoms with E-state index in [2.05, 4.69) is 20.9 Å². The van der Waals surface area contributed by atoms with Gasteiger partial charge in [0.1, 0.15) is 6.54 Å². The first-order chi connectivity index (χ1) is 7.11. The van der Waals surface area contributed by atoms with E-state index in [0.29, 0.717) is 6.54 Å². The Labute approximate surface area is 89.0 Å². The van der Waals surface area contributed by atoms with Crippen LogP contribution in [0.2, 0.25) is 0 Å². The van der Waals surface area contributed by atoms with E-state index in [9.17, 15) is 4.79 Å². The highest BCUT2D eigenvalue weighted by Gasteiger charge is 2.06. The molecule has 0 spiro atoms. The van der Waals surface area contributed by atoms with E-state index < -0.39 is 0 Å². The van der Waals surface area contributed by atoms with Crippen molar-refractivity contribution < 1.29 is 4.79 Å². The molecule has 0 saturated carbocycles. The molecule has 1 amide bonds. The first-order valence-corrected chi connectivity index (χ1v) is 4.94. The zero-order valence-corrected chi connectivity index (χ0v) is 9.32. The largest absolute Gasteiger partial charge is 0.352 e. The molecule has 6 heteroatoms. The average Bonchev–Trinajstić information content (AvgIpc) is 2.51. The summed E-state index contributed by atoms with van der Waals surface area (Å²) in [6.45, 7) is 4.72. The van der Waals surface area contributed by atoms with E-state index in [4.69, 9.17) is 0 Å². The number of aromatic nitrogens is 3. The summed E-state index contributed by atoms with van der Waals surface area (Å²) in [5.74, 6) is -0.0501. The molecular weight excluding hydrogens is 194 g/mol. The molecule has 0 aromatic carbocycles. The Morgan fingerprint density at radius 3 is 2.93 bits per heavy atom. The van der Waals surface area contributed by atoms with Crippen LogP contribution in [0.4, 0.5) is 0 Å². The van der Waals surface area contributed by atoms with Crippen LogP contribution in [0.25, 0.3) is 0 Å². The van der Waals surface area contributed by atoms with Gasteiger partial charge in [-0.25, -0.2) is 4.68 Å². The van der Waals surface area contributed by atoms with Crippen LogP contribution >= 0.6 is 0 Å². The van der Waals surface area contributed by atoms with Crippen LogP contribution in [0.1, 0.15) is 19.5 Å². The summed E-state index contributed by atoms with van der Waals surface area (Å²) in [5, 5.41) is 13.5. The van der Waals surface area contributed by atoms with Crippen molar-refractivity contribution in [1.82, 2.24) is 25.6 Å². The Hall–Kier alpha value is -1.43. The summed E-state index contributed by atoms with van der Waals surface area (Å²) < 4.78 is 1.53. The lowest BCUT2D eigenvalue weighted by molar-refractivity contribution is -0.122. The van der Waals surface area contributed by atoms with Gasteiger partial charge in [0.2, 0.25) is 5.91 Å². The fourth-order valence-corrected chi connectivity index (χ4v) is 1.19. The number of rotatable bonds is 5. The maximum Gasteiger partial charge on any atom is 0.241 e. The molecule has 0 saturated heterocycles. The lowest BCUT2D eigenvalue weighted by atomic mass is 10.4. The molecule has 84 valence electrons. The molecule has 0 fully saturated rings. The molecule has 0 unspecified atom stereocenters. The molecule has 2 N–H and O–H groups in total. The molecule has 0 bridgehead atoms. The van der Waals surface area contributed by atoms with E-state index in [0.717, 1.165) is 5.69 Å². The molecule has 0 aliphatic carbocycles. The summed E-state index contributed by atoms with van der Waals surface area (Å²) in [5.41, 5.74) is 0.829. The number of carbonyl (C=O) groups excluding carboxylic acids is 1. The number of carbonyl (C=O) groups is 1. The molecule has 1 rings (SSSR count). The Morgan fingerprint density at radius 1 is 1.60 bits per heavy atom. The van der Waals surface area contributed by atoms with Gasteiger partial charge in [0, 0.05) is 12.6 Å². The molecule has 1 heterocycles. The van der Waals surface area contributed by atoms with Crippen LogP contribution in [0.5, 0.6) is 0 Å². The highest BCUT2D eigenvalue weighted by molar-refractivity contribution is 5.75. The minimum Gasteiger partial charge on any atom is -0.352 e. The summed E-state index contributed by atoms with van der Waals surface area (Å²) >= 11 is 0. The predicted octanol–water partition coefficient (Wildman–Crippen LogP) is -0.478. The minimum absolute atomic E-state index is 0.0501. The third-order valence-corrected chi connectivity index (χ3v) is 1.70. The number of nitrogens with one attached hydrogen (secondary N) is 2. The third-order valence-electron chi connectivity index (χ3n) is 1.70. The highest BCUT2D eigenvalue weighted by Crippen LogP contribution is 1.92. The quantitative estimate of drug-likeness (QED) is 0.690. The molecule has 0 radical (unpaired) electrons. The van der Waals surface area contributed by atoms with Gasteiger partial charge in [0.25, 0.3) is 0 Å². The Kier molecular flexibility index (Phi) is 4.23. The Bertz CT molecular complexity index is 320. The number of nitrogens with zero attached hydrogens (tertiary/aromatic N) is 3. The monoisotopic (exact) mass is 211 g/mol. The highest BCUT2D eigenvalue weighted by atomic mass is 16.2. The van der Waals surface area contributed by atoms with Crippen molar-refractivity contribution in [3.63, 3.8) is 0 Å². The molecular formula is C9H17N5O. The van der Waals surface area contributed by atoms with Crippen LogP contribution in [-0.4, -0.2) is 34.0 Å². The van der Waals surface area contributed by atoms with Gasteiger partial charge in [-0.05, 0) is 20.9 Å². The van der Waals surface area contributed by atoms with Crippen molar-refractivity contribution in [1.29, 1.82) is 0 Å². The summed E-state index contributed by atoms with van der Waals surface area (Å²) in [6, 6.07) is 0.151. The molecule has 0 aliphatic heterocycles. The van der Waals surface area contributed by atoms with Crippen LogP contribution in [-0.2, 0) is 17.9 Å². The van der Waals surface area contributed by atoms with Crippen molar-refractivity contribution in [2.45, 2.75) is 33.0 Å². The maximum absolute atomic E-state index is 11.4. The Balaban J connectivity index is 2.46. The van der Waals surface area contributed by atoms with Gasteiger partial charge >= 0.3 is 0 Å². The molecule has 1 aromatic heterocycles. The fourth-order valence-electron chi connectivity index (χ4n) is 1.19. The molecule has 0 atom stereocenters. The first-order valence-electron chi connectivity index (χ1n) is 4.94. The second kappa shape index (κ2) is 5.45. The topological polar surface area (TPSA) is 71.8 Å². The average molecular weight is 211 g/mol. The third kappa shape index (κ3) is 4.07. The van der Waals surface area contributed by atoms with Gasteiger partial charge in [-0.1, -0.05) is 5.21 Å². The van der Waals surface area contributed by atoms with Crippen LogP contribution in [0.3, 0.4) is 0 Å². The van der Waals surface area contributed by atoms with E-state index >= 15 is 0 Å². The maximum atomic E-state index is 11.4. The number of amides is 1. The number of hydrogen-bond donors (Lipinski definition) is 2. The Morgan fingerprint density at radius 2 is 2.33 bits per heavy atom. The van der Waals surface area contributed by atoms with Crippen molar-refractivity contribution >= 4 is 5.91 Å². The minimum atomic E-state index is -0.0501. The van der Waals surface area contributed by atoms with Crippen molar-refractivity contribution in [2.24, 2.45) is 0 Å². The predicted molar refractivity (Wildman–Crippen MR) is 56.1 cm³/mol. The standard InChI is InChI=1S/C9H17N5O/c1-7(2)11-9(15)6-14-5-8(4-10-3)12-13-14/h5,7,10H,4,6H2,1-3H3,(H,11,15). The van der Waals surface area contributed by atoms with Crippen LogP contribution in [0, 0.1) is 0 Å². The second-order valence-electron chi connectivity index (χ2n) is 3.66. The van der Waals surface area contributed by atoms with Gasteiger partial charge in [0.05, 0.1) is 11.9 Å². The zero-order valence-electron chi connectivity index (χ0n) is 9.32. The van der Waals surface area contributed by atoms with Gasteiger partial charge in [-0.3, -0.25) is 4.79 Å². The van der Waals surface area contributed by atoms with Crippen LogP contribution in [0.15, 0.2) is 6.20 Å². The smallest absolute Gasteiger partial charge is 0.241 e. The van der Waals surface area contributed by atoms with E-state index in [-0.39, 0.29) is 18.5 Å².